The van der Waals surface area contributed by atoms with Crippen molar-refractivity contribution in [2.45, 2.75) is 153 Å². The molecular weight excluding hydrogens is 601 g/mol. The smallest absolute Gasteiger partial charge is 0.297 e. The van der Waals surface area contributed by atoms with Gasteiger partial charge in [0.25, 0.3) is 10.1 Å². The van der Waals surface area contributed by atoms with Gasteiger partial charge in [0.1, 0.15) is 6.10 Å². The van der Waals surface area contributed by atoms with Crippen molar-refractivity contribution >= 4 is 26.8 Å². The second kappa shape index (κ2) is 14.0. The molecular formula is C36H62O5SSi2. The van der Waals surface area contributed by atoms with Gasteiger partial charge in [0, 0.05) is 5.92 Å². The van der Waals surface area contributed by atoms with E-state index in [1.807, 2.05) is 19.1 Å². The Balaban J connectivity index is 1.94. The maximum Gasteiger partial charge on any atom is 0.297 e. The van der Waals surface area contributed by atoms with Crippen molar-refractivity contribution in [1.82, 2.24) is 0 Å². The van der Waals surface area contributed by atoms with Gasteiger partial charge in [-0.2, -0.15) is 8.42 Å². The van der Waals surface area contributed by atoms with Crippen LogP contribution in [0, 0.1) is 24.7 Å². The molecule has 0 bridgehead atoms. The largest absolute Gasteiger partial charge is 0.413 e. The van der Waals surface area contributed by atoms with Crippen molar-refractivity contribution < 1.29 is 21.5 Å². The molecule has 3 rings (SSSR count). The van der Waals surface area contributed by atoms with Crippen LogP contribution in [0.4, 0.5) is 0 Å². The van der Waals surface area contributed by atoms with Crippen molar-refractivity contribution in [3.8, 4) is 0 Å². The zero-order chi connectivity index (χ0) is 33.3. The van der Waals surface area contributed by atoms with E-state index < -0.39 is 32.9 Å². The lowest BCUT2D eigenvalue weighted by atomic mass is 9.90. The van der Waals surface area contributed by atoms with Crippen LogP contribution in [0.15, 0.2) is 53.5 Å². The third kappa shape index (κ3) is 8.85. The van der Waals surface area contributed by atoms with Gasteiger partial charge < -0.3 is 8.85 Å². The molecule has 5 nitrogen and oxygen atoms in total. The van der Waals surface area contributed by atoms with Crippen molar-refractivity contribution in [1.29, 1.82) is 0 Å². The summed E-state index contributed by atoms with van der Waals surface area (Å²) in [5, 5.41) is 0.203. The predicted octanol–water partition coefficient (Wildman–Crippen LogP) is 10.2. The van der Waals surface area contributed by atoms with Gasteiger partial charge in [-0.25, -0.2) is 0 Å². The van der Waals surface area contributed by atoms with Crippen LogP contribution in [-0.4, -0.2) is 43.4 Å². The van der Waals surface area contributed by atoms with Gasteiger partial charge in [0.2, 0.25) is 0 Å². The molecule has 0 N–H and O–H groups in total. The highest BCUT2D eigenvalue weighted by Gasteiger charge is 2.54. The third-order valence-corrected chi connectivity index (χ3v) is 21.3. The SMILES string of the molecule is C=C1C[C@@H]2[C@H](C=C[C@H](CCCCC)O[Si](C)(C)C(C)(C)C)[C@H](O[Si](C)(C)C(C)(C)C)C[C@@H]2C1OS(=O)(=O)c1ccc(C)cc1. The number of benzene rings is 1. The summed E-state index contributed by atoms with van der Waals surface area (Å²) in [5.41, 5.74) is 1.88. The first-order valence-corrected chi connectivity index (χ1v) is 24.0. The van der Waals surface area contributed by atoms with E-state index in [0.29, 0.717) is 0 Å². The van der Waals surface area contributed by atoms with Gasteiger partial charge in [-0.1, -0.05) is 104 Å². The van der Waals surface area contributed by atoms with Crippen LogP contribution in [0.1, 0.15) is 92.6 Å². The van der Waals surface area contributed by atoms with Crippen molar-refractivity contribution in [2.75, 3.05) is 0 Å². The van der Waals surface area contributed by atoms with Crippen LogP contribution >= 0.6 is 0 Å². The van der Waals surface area contributed by atoms with E-state index in [-0.39, 0.29) is 44.9 Å². The molecule has 8 heteroatoms. The van der Waals surface area contributed by atoms with E-state index in [4.69, 9.17) is 13.0 Å². The van der Waals surface area contributed by atoms with Gasteiger partial charge in [0.15, 0.2) is 16.6 Å². The number of aryl methyl sites for hydroxylation is 1. The number of fused-ring (bicyclic) bond motifs is 1. The minimum atomic E-state index is -3.92. The Labute approximate surface area is 272 Å². The highest BCUT2D eigenvalue weighted by Crippen LogP contribution is 2.54. The molecule has 0 spiro atoms. The Kier molecular flexibility index (Phi) is 11.9. The van der Waals surface area contributed by atoms with Crippen LogP contribution in [0.2, 0.25) is 36.3 Å². The minimum absolute atomic E-state index is 0.00702. The normalized spacial score (nSPS) is 26.0. The fourth-order valence-electron chi connectivity index (χ4n) is 6.10. The fraction of sp³-hybridized carbons (Fsp3) is 0.722. The maximum absolute atomic E-state index is 13.4. The van der Waals surface area contributed by atoms with Crippen molar-refractivity contribution in [3.63, 3.8) is 0 Å². The standard InChI is InChI=1S/C36H62O5SSi2/c1-14-15-16-17-28(40-43(10,11)35(4,5)6)20-23-30-31-24-27(3)34(39-42(37,38)29-21-18-26(2)19-22-29)32(31)25-33(30)41-44(12,13)36(7,8)9/h18-23,28,30-34H,3,14-17,24-25H2,1-2,4-13H3/t28-,30-,31+,32-,33+,34?/m0/s1. The average Bonchev–Trinajstić information content (AvgIpc) is 3.34. The number of rotatable bonds is 13. The average molecular weight is 663 g/mol. The Morgan fingerprint density at radius 1 is 0.955 bits per heavy atom. The molecule has 44 heavy (non-hydrogen) atoms. The van der Waals surface area contributed by atoms with Gasteiger partial charge in [-0.3, -0.25) is 4.18 Å². The highest BCUT2D eigenvalue weighted by atomic mass is 32.2. The Bertz CT molecular complexity index is 1250. The minimum Gasteiger partial charge on any atom is -0.413 e. The van der Waals surface area contributed by atoms with E-state index in [1.54, 1.807) is 12.1 Å². The molecule has 2 aliphatic carbocycles. The molecule has 1 unspecified atom stereocenters. The summed E-state index contributed by atoms with van der Waals surface area (Å²) in [6, 6.07) is 6.88. The fourth-order valence-corrected chi connectivity index (χ4v) is 9.90. The van der Waals surface area contributed by atoms with Crippen molar-refractivity contribution in [3.05, 3.63) is 54.1 Å². The lowest BCUT2D eigenvalue weighted by molar-refractivity contribution is 0.138. The first kappa shape index (κ1) is 37.4. The molecule has 0 radical (unpaired) electrons. The van der Waals surface area contributed by atoms with Crippen LogP contribution in [0.25, 0.3) is 0 Å². The monoisotopic (exact) mass is 662 g/mol. The van der Waals surface area contributed by atoms with Crippen molar-refractivity contribution in [2.24, 2.45) is 17.8 Å². The molecule has 0 aromatic heterocycles. The van der Waals surface area contributed by atoms with Crippen LogP contribution in [0.3, 0.4) is 0 Å². The summed E-state index contributed by atoms with van der Waals surface area (Å²) in [7, 11) is -7.99. The Morgan fingerprint density at radius 2 is 1.55 bits per heavy atom. The van der Waals surface area contributed by atoms with Gasteiger partial charge >= 0.3 is 0 Å². The van der Waals surface area contributed by atoms with E-state index in [1.165, 1.54) is 12.8 Å². The summed E-state index contributed by atoms with van der Waals surface area (Å²) < 4.78 is 46.9. The zero-order valence-electron chi connectivity index (χ0n) is 29.8. The zero-order valence-corrected chi connectivity index (χ0v) is 32.6. The molecule has 6 atom stereocenters. The first-order chi connectivity index (χ1) is 20.1. The molecule has 1 aromatic rings. The second-order valence-corrected chi connectivity index (χ2v) is 27.6. The lowest BCUT2D eigenvalue weighted by Crippen LogP contribution is -2.45. The Morgan fingerprint density at radius 3 is 2.09 bits per heavy atom. The quantitative estimate of drug-likeness (QED) is 0.0910. The first-order valence-electron chi connectivity index (χ1n) is 16.8. The van der Waals surface area contributed by atoms with Crippen LogP contribution in [-0.2, 0) is 23.2 Å². The van der Waals surface area contributed by atoms with Crippen LogP contribution in [0.5, 0.6) is 0 Å². The molecule has 2 fully saturated rings. The predicted molar refractivity (Wildman–Crippen MR) is 190 cm³/mol. The molecule has 250 valence electrons. The third-order valence-electron chi connectivity index (χ3n) is 11.0. The van der Waals surface area contributed by atoms with Gasteiger partial charge in [-0.05, 0) is 92.0 Å². The van der Waals surface area contributed by atoms with E-state index in [0.717, 1.165) is 36.8 Å². The van der Waals surface area contributed by atoms with E-state index >= 15 is 0 Å². The van der Waals surface area contributed by atoms with E-state index in [9.17, 15) is 8.42 Å². The summed E-state index contributed by atoms with van der Waals surface area (Å²) in [4.78, 5) is 0.195. The molecule has 1 aromatic carbocycles. The molecule has 0 saturated heterocycles. The maximum atomic E-state index is 13.4. The lowest BCUT2D eigenvalue weighted by Gasteiger charge is -2.40. The second-order valence-electron chi connectivity index (χ2n) is 16.5. The molecule has 0 heterocycles. The topological polar surface area (TPSA) is 61.8 Å². The molecule has 0 aliphatic heterocycles. The summed E-state index contributed by atoms with van der Waals surface area (Å²) in [5.74, 6) is 0.404. The molecule has 2 saturated carbocycles. The highest BCUT2D eigenvalue weighted by molar-refractivity contribution is 7.86. The Hall–Kier alpha value is -1.04. The van der Waals surface area contributed by atoms with E-state index in [2.05, 4.69) is 93.4 Å². The number of hydrogen-bond donors (Lipinski definition) is 0. The number of hydrogen-bond acceptors (Lipinski definition) is 5. The number of unbranched alkanes of at least 4 members (excludes halogenated alkanes) is 2. The molecule has 2 aliphatic rings. The summed E-state index contributed by atoms with van der Waals surface area (Å²) in [6.07, 6.45) is 10.3. The summed E-state index contributed by atoms with van der Waals surface area (Å²) in [6.45, 7) is 31.5. The summed E-state index contributed by atoms with van der Waals surface area (Å²) >= 11 is 0. The van der Waals surface area contributed by atoms with Crippen LogP contribution < -0.4 is 0 Å². The van der Waals surface area contributed by atoms with Gasteiger partial charge in [-0.15, -0.1) is 0 Å². The molecule has 0 amide bonds. The van der Waals surface area contributed by atoms with Gasteiger partial charge in [0.05, 0.1) is 17.1 Å².